The molecular formula is C19H20N2O3. The van der Waals surface area contributed by atoms with Crippen LogP contribution in [0.1, 0.15) is 30.9 Å². The Labute approximate surface area is 141 Å². The van der Waals surface area contributed by atoms with E-state index < -0.39 is 0 Å². The highest BCUT2D eigenvalue weighted by Crippen LogP contribution is 2.27. The molecule has 0 radical (unpaired) electrons. The highest BCUT2D eigenvalue weighted by molar-refractivity contribution is 5.52. The smallest absolute Gasteiger partial charge is 0.257 e. The lowest BCUT2D eigenvalue weighted by Crippen LogP contribution is -2.06. The van der Waals surface area contributed by atoms with E-state index in [9.17, 15) is 0 Å². The molecule has 0 N–H and O–H groups in total. The van der Waals surface area contributed by atoms with Crippen LogP contribution in [0.25, 0.3) is 11.5 Å². The molecule has 0 saturated heterocycles. The van der Waals surface area contributed by atoms with Gasteiger partial charge in [-0.15, -0.1) is 10.2 Å². The Balaban J connectivity index is 1.77. The third-order valence-corrected chi connectivity index (χ3v) is 3.72. The Kier molecular flexibility index (Phi) is 4.79. The number of benzene rings is 2. The van der Waals surface area contributed by atoms with Crippen molar-refractivity contribution in [3.8, 4) is 23.0 Å². The number of rotatable bonds is 6. The zero-order valence-electron chi connectivity index (χ0n) is 14.0. The van der Waals surface area contributed by atoms with Crippen molar-refractivity contribution in [1.82, 2.24) is 10.2 Å². The van der Waals surface area contributed by atoms with Crippen LogP contribution in [0.15, 0.2) is 52.9 Å². The predicted octanol–water partition coefficient (Wildman–Crippen LogP) is 4.58. The molecule has 3 rings (SSSR count). The maximum atomic E-state index is 5.97. The number of aryl methyl sites for hydroxylation is 1. The first-order valence-electron chi connectivity index (χ1n) is 7.90. The molecule has 0 aliphatic carbocycles. The molecule has 24 heavy (non-hydrogen) atoms. The summed E-state index contributed by atoms with van der Waals surface area (Å²) >= 11 is 0. The summed E-state index contributed by atoms with van der Waals surface area (Å²) in [5.41, 5.74) is 2.09. The van der Waals surface area contributed by atoms with Gasteiger partial charge in [0.1, 0.15) is 11.5 Å². The molecular weight excluding hydrogens is 304 g/mol. The molecule has 0 bridgehead atoms. The predicted molar refractivity (Wildman–Crippen MR) is 91.1 cm³/mol. The molecule has 1 heterocycles. The highest BCUT2D eigenvalue weighted by Gasteiger charge is 2.19. The average molecular weight is 324 g/mol. The Morgan fingerprint density at radius 1 is 0.958 bits per heavy atom. The molecule has 0 fully saturated rings. The second-order valence-corrected chi connectivity index (χ2v) is 5.50. The Hall–Kier alpha value is -2.82. The molecule has 0 aliphatic heterocycles. The molecule has 2 aromatic carbocycles. The summed E-state index contributed by atoms with van der Waals surface area (Å²) in [6.45, 7) is 4.06. The molecule has 0 saturated carbocycles. The lowest BCUT2D eigenvalue weighted by atomic mass is 10.1. The van der Waals surface area contributed by atoms with Gasteiger partial charge in [0, 0.05) is 5.56 Å². The molecule has 5 heteroatoms. The molecule has 5 nitrogen and oxygen atoms in total. The van der Waals surface area contributed by atoms with Crippen molar-refractivity contribution in [3.63, 3.8) is 0 Å². The fourth-order valence-corrected chi connectivity index (χ4v) is 2.30. The first-order chi connectivity index (χ1) is 11.7. The molecule has 124 valence electrons. The third kappa shape index (κ3) is 3.56. The lowest BCUT2D eigenvalue weighted by molar-refractivity contribution is 0.166. The zero-order valence-corrected chi connectivity index (χ0v) is 14.0. The van der Waals surface area contributed by atoms with Gasteiger partial charge in [-0.3, -0.25) is 0 Å². The third-order valence-electron chi connectivity index (χ3n) is 3.72. The van der Waals surface area contributed by atoms with Crippen LogP contribution >= 0.6 is 0 Å². The number of ether oxygens (including phenoxy) is 2. The van der Waals surface area contributed by atoms with E-state index in [0.717, 1.165) is 23.5 Å². The molecule has 0 spiro atoms. The average Bonchev–Trinajstić information content (AvgIpc) is 3.10. The van der Waals surface area contributed by atoms with Crippen molar-refractivity contribution in [2.45, 2.75) is 26.4 Å². The fourth-order valence-electron chi connectivity index (χ4n) is 2.30. The number of hydrogen-bond donors (Lipinski definition) is 0. The Morgan fingerprint density at radius 2 is 1.62 bits per heavy atom. The van der Waals surface area contributed by atoms with Crippen LogP contribution in [0, 0.1) is 6.92 Å². The van der Waals surface area contributed by atoms with Crippen molar-refractivity contribution in [2.24, 2.45) is 0 Å². The lowest BCUT2D eigenvalue weighted by Gasteiger charge is -2.14. The molecule has 3 aromatic rings. The topological polar surface area (TPSA) is 57.4 Å². The summed E-state index contributed by atoms with van der Waals surface area (Å²) in [4.78, 5) is 0. The van der Waals surface area contributed by atoms with Crippen molar-refractivity contribution in [1.29, 1.82) is 0 Å². The quantitative estimate of drug-likeness (QED) is 0.664. The number of nitrogens with zero attached hydrogens (tertiary/aromatic N) is 2. The van der Waals surface area contributed by atoms with Crippen molar-refractivity contribution < 1.29 is 13.9 Å². The first kappa shape index (κ1) is 16.1. The second-order valence-electron chi connectivity index (χ2n) is 5.50. The summed E-state index contributed by atoms with van der Waals surface area (Å²) in [7, 11) is 1.63. The van der Waals surface area contributed by atoms with Crippen LogP contribution in [0.5, 0.6) is 11.5 Å². The Morgan fingerprint density at radius 3 is 2.25 bits per heavy atom. The van der Waals surface area contributed by atoms with Gasteiger partial charge in [0.25, 0.3) is 5.89 Å². The molecule has 1 unspecified atom stereocenters. The van der Waals surface area contributed by atoms with Gasteiger partial charge in [-0.25, -0.2) is 0 Å². The number of aromatic nitrogens is 2. The van der Waals surface area contributed by atoms with E-state index in [1.165, 1.54) is 5.56 Å². The maximum Gasteiger partial charge on any atom is 0.257 e. The van der Waals surface area contributed by atoms with Crippen LogP contribution < -0.4 is 9.47 Å². The number of hydrogen-bond acceptors (Lipinski definition) is 5. The van der Waals surface area contributed by atoms with Crippen LogP contribution in [-0.2, 0) is 0 Å². The van der Waals surface area contributed by atoms with Crippen molar-refractivity contribution >= 4 is 0 Å². The van der Waals surface area contributed by atoms with E-state index >= 15 is 0 Å². The molecule has 0 amide bonds. The summed E-state index contributed by atoms with van der Waals surface area (Å²) in [5.74, 6) is 2.50. The van der Waals surface area contributed by atoms with Gasteiger partial charge < -0.3 is 13.9 Å². The van der Waals surface area contributed by atoms with Gasteiger partial charge >= 0.3 is 0 Å². The minimum Gasteiger partial charge on any atom is -0.497 e. The van der Waals surface area contributed by atoms with Crippen LogP contribution in [-0.4, -0.2) is 17.3 Å². The van der Waals surface area contributed by atoms with Crippen LogP contribution in [0.4, 0.5) is 0 Å². The van der Waals surface area contributed by atoms with Crippen molar-refractivity contribution in [2.75, 3.05) is 7.11 Å². The minimum atomic E-state index is -0.287. The van der Waals surface area contributed by atoms with Crippen LogP contribution in [0.3, 0.4) is 0 Å². The first-order valence-corrected chi connectivity index (χ1v) is 7.90. The highest BCUT2D eigenvalue weighted by atomic mass is 16.5. The zero-order chi connectivity index (χ0) is 16.9. The van der Waals surface area contributed by atoms with Gasteiger partial charge in [-0.2, -0.15) is 0 Å². The number of methoxy groups -OCH3 is 1. The van der Waals surface area contributed by atoms with Crippen molar-refractivity contribution in [3.05, 3.63) is 60.0 Å². The van der Waals surface area contributed by atoms with Gasteiger partial charge in [-0.1, -0.05) is 24.6 Å². The molecule has 0 aliphatic rings. The van der Waals surface area contributed by atoms with E-state index in [0.29, 0.717) is 11.8 Å². The molecule has 1 aromatic heterocycles. The van der Waals surface area contributed by atoms with Gasteiger partial charge in [0.15, 0.2) is 6.10 Å². The molecule has 1 atom stereocenters. The van der Waals surface area contributed by atoms with Gasteiger partial charge in [-0.05, 0) is 49.7 Å². The fraction of sp³-hybridized carbons (Fsp3) is 0.263. The van der Waals surface area contributed by atoms with Gasteiger partial charge in [0.2, 0.25) is 5.89 Å². The van der Waals surface area contributed by atoms with E-state index in [4.69, 9.17) is 13.9 Å². The summed E-state index contributed by atoms with van der Waals surface area (Å²) < 4.78 is 16.9. The van der Waals surface area contributed by atoms with E-state index in [1.807, 2.05) is 62.4 Å². The summed E-state index contributed by atoms with van der Waals surface area (Å²) in [6.07, 6.45) is 0.437. The SMILES string of the molecule is CCC(Oc1ccc(OC)cc1)c1nnc(-c2ccc(C)cc2)o1. The minimum absolute atomic E-state index is 0.287. The summed E-state index contributed by atoms with van der Waals surface area (Å²) in [6, 6.07) is 15.4. The van der Waals surface area contributed by atoms with E-state index in [2.05, 4.69) is 10.2 Å². The van der Waals surface area contributed by atoms with E-state index in [-0.39, 0.29) is 6.10 Å². The largest absolute Gasteiger partial charge is 0.497 e. The Bertz CT molecular complexity index is 779. The monoisotopic (exact) mass is 324 g/mol. The second kappa shape index (κ2) is 7.17. The summed E-state index contributed by atoms with van der Waals surface area (Å²) in [5, 5.41) is 8.29. The maximum absolute atomic E-state index is 5.97. The standard InChI is InChI=1S/C19H20N2O3/c1-4-17(23-16-11-9-15(22-3)10-12-16)19-21-20-18(24-19)14-7-5-13(2)6-8-14/h5-12,17H,4H2,1-3H3. The van der Waals surface area contributed by atoms with E-state index in [1.54, 1.807) is 7.11 Å². The normalized spacial score (nSPS) is 12.0. The van der Waals surface area contributed by atoms with Crippen LogP contribution in [0.2, 0.25) is 0 Å². The van der Waals surface area contributed by atoms with Gasteiger partial charge in [0.05, 0.1) is 7.11 Å².